The van der Waals surface area contributed by atoms with Gasteiger partial charge >= 0.3 is 0 Å². The van der Waals surface area contributed by atoms with Crippen molar-refractivity contribution in [1.82, 2.24) is 0 Å². The monoisotopic (exact) mass is 335 g/mol. The van der Waals surface area contributed by atoms with E-state index in [2.05, 4.69) is 15.9 Å². The summed E-state index contributed by atoms with van der Waals surface area (Å²) in [6.07, 6.45) is 2.65. The number of rotatable bonds is 5. The normalized spacial score (nSPS) is 11.6. The van der Waals surface area contributed by atoms with Gasteiger partial charge in [0.25, 0.3) is 0 Å². The van der Waals surface area contributed by atoms with Crippen LogP contribution in [0.15, 0.2) is 51.0 Å². The lowest BCUT2D eigenvalue weighted by Gasteiger charge is -1.99. The van der Waals surface area contributed by atoms with E-state index in [-0.39, 0.29) is 10.6 Å². The molecule has 0 amide bonds. The maximum atomic E-state index is 10.9. The Morgan fingerprint density at radius 2 is 2.10 bits per heavy atom. The molecule has 0 saturated carbocycles. The van der Waals surface area contributed by atoms with E-state index in [0.29, 0.717) is 17.9 Å². The molecule has 2 rings (SSSR count). The second kappa shape index (κ2) is 6.52. The predicted molar refractivity (Wildman–Crippen MR) is 81.7 cm³/mol. The fourth-order valence-corrected chi connectivity index (χ4v) is 2.35. The van der Waals surface area contributed by atoms with E-state index < -0.39 is 0 Å². The van der Waals surface area contributed by atoms with Crippen molar-refractivity contribution in [1.29, 1.82) is 0 Å². The van der Waals surface area contributed by atoms with Gasteiger partial charge < -0.3 is 4.42 Å². The van der Waals surface area contributed by atoms with Crippen molar-refractivity contribution in [3.05, 3.63) is 62.4 Å². The summed E-state index contributed by atoms with van der Waals surface area (Å²) in [6, 6.07) is 11.2. The lowest BCUT2D eigenvalue weighted by atomic mass is 10.2. The van der Waals surface area contributed by atoms with Gasteiger partial charge in [0.05, 0.1) is 11.0 Å². The average molecular weight is 336 g/mol. The van der Waals surface area contributed by atoms with Crippen molar-refractivity contribution >= 4 is 22.0 Å². The Labute approximate surface area is 125 Å². The van der Waals surface area contributed by atoms with Crippen LogP contribution in [0.2, 0.25) is 0 Å². The molecule has 1 aromatic heterocycles. The summed E-state index contributed by atoms with van der Waals surface area (Å²) in [4.78, 5) is 10.6. The molecule has 0 saturated heterocycles. The van der Waals surface area contributed by atoms with Gasteiger partial charge in [0.2, 0.25) is 5.70 Å². The Bertz CT molecular complexity index is 646. The van der Waals surface area contributed by atoms with E-state index in [1.807, 2.05) is 37.3 Å². The number of hydrogen-bond donors (Lipinski definition) is 0. The van der Waals surface area contributed by atoms with Crippen LogP contribution in [0.5, 0.6) is 0 Å². The van der Waals surface area contributed by atoms with Crippen LogP contribution < -0.4 is 0 Å². The molecule has 0 atom stereocenters. The number of benzene rings is 1. The minimum atomic E-state index is -0.357. The molecule has 4 nitrogen and oxygen atoms in total. The molecular weight excluding hydrogens is 322 g/mol. The third kappa shape index (κ3) is 3.36. The Morgan fingerprint density at radius 1 is 1.35 bits per heavy atom. The van der Waals surface area contributed by atoms with Gasteiger partial charge in [-0.2, -0.15) is 0 Å². The Hall–Kier alpha value is -1.88. The number of hydrogen-bond acceptors (Lipinski definition) is 3. The number of allylic oxidation sites excluding steroid dienone is 1. The summed E-state index contributed by atoms with van der Waals surface area (Å²) in [5.74, 6) is 1.18. The van der Waals surface area contributed by atoms with Gasteiger partial charge in [-0.05, 0) is 24.6 Å². The molecule has 0 aliphatic rings. The van der Waals surface area contributed by atoms with Gasteiger partial charge in [-0.25, -0.2) is 0 Å². The standard InChI is InChI=1S/C15H14BrNO3/c1-2-5-11(17(18)19)10-12-8-9-15(20-12)13-6-3-4-7-14(13)16/h3-4,6-10H,2,5H2,1H3/b11-10+. The summed E-state index contributed by atoms with van der Waals surface area (Å²) < 4.78 is 6.59. The first kappa shape index (κ1) is 14.5. The molecular formula is C15H14BrNO3. The van der Waals surface area contributed by atoms with Crippen molar-refractivity contribution in [3.63, 3.8) is 0 Å². The topological polar surface area (TPSA) is 56.3 Å². The van der Waals surface area contributed by atoms with Crippen molar-refractivity contribution < 1.29 is 9.34 Å². The molecule has 0 aliphatic carbocycles. The molecule has 5 heteroatoms. The largest absolute Gasteiger partial charge is 0.456 e. The molecule has 0 aliphatic heterocycles. The van der Waals surface area contributed by atoms with Crippen molar-refractivity contribution in [2.75, 3.05) is 0 Å². The van der Waals surface area contributed by atoms with E-state index in [9.17, 15) is 10.1 Å². The first-order chi connectivity index (χ1) is 9.61. The molecule has 0 fully saturated rings. The minimum Gasteiger partial charge on any atom is -0.456 e. The van der Waals surface area contributed by atoms with Crippen LogP contribution in [0, 0.1) is 10.1 Å². The quantitative estimate of drug-likeness (QED) is 0.562. The van der Waals surface area contributed by atoms with E-state index >= 15 is 0 Å². The molecule has 0 unspecified atom stereocenters. The summed E-state index contributed by atoms with van der Waals surface area (Å²) in [5.41, 5.74) is 1.09. The highest BCUT2D eigenvalue weighted by atomic mass is 79.9. The molecule has 0 spiro atoms. The van der Waals surface area contributed by atoms with E-state index in [1.54, 1.807) is 6.07 Å². The molecule has 0 bridgehead atoms. The van der Waals surface area contributed by atoms with Gasteiger partial charge in [0, 0.05) is 16.5 Å². The number of furan rings is 1. The lowest BCUT2D eigenvalue weighted by molar-refractivity contribution is -0.426. The van der Waals surface area contributed by atoms with Crippen LogP contribution in [-0.2, 0) is 0 Å². The maximum Gasteiger partial charge on any atom is 0.249 e. The van der Waals surface area contributed by atoms with Gasteiger partial charge in [-0.15, -0.1) is 0 Å². The molecule has 104 valence electrons. The van der Waals surface area contributed by atoms with E-state index in [1.165, 1.54) is 6.08 Å². The SMILES string of the molecule is CCC/C(=C\c1ccc(-c2ccccc2Br)o1)[N+](=O)[O-]. The van der Waals surface area contributed by atoms with E-state index in [4.69, 9.17) is 4.42 Å². The highest BCUT2D eigenvalue weighted by Crippen LogP contribution is 2.30. The van der Waals surface area contributed by atoms with Crippen molar-refractivity contribution in [2.24, 2.45) is 0 Å². The molecule has 0 radical (unpaired) electrons. The number of halogens is 1. The zero-order valence-corrected chi connectivity index (χ0v) is 12.6. The Kier molecular flexibility index (Phi) is 4.74. The van der Waals surface area contributed by atoms with Crippen molar-refractivity contribution in [2.45, 2.75) is 19.8 Å². The fourth-order valence-electron chi connectivity index (χ4n) is 1.87. The second-order valence-electron chi connectivity index (χ2n) is 4.32. The third-order valence-corrected chi connectivity index (χ3v) is 3.51. The first-order valence-corrected chi connectivity index (χ1v) is 7.11. The summed E-state index contributed by atoms with van der Waals surface area (Å²) >= 11 is 3.46. The minimum absolute atomic E-state index is 0.167. The zero-order chi connectivity index (χ0) is 14.5. The van der Waals surface area contributed by atoms with Crippen molar-refractivity contribution in [3.8, 4) is 11.3 Å². The molecule has 1 heterocycles. The summed E-state index contributed by atoms with van der Waals surface area (Å²) in [7, 11) is 0. The third-order valence-electron chi connectivity index (χ3n) is 2.82. The molecule has 1 aromatic carbocycles. The second-order valence-corrected chi connectivity index (χ2v) is 5.18. The van der Waals surface area contributed by atoms with Crippen LogP contribution >= 0.6 is 15.9 Å². The number of nitro groups is 1. The Balaban J connectivity index is 2.32. The van der Waals surface area contributed by atoms with Crippen LogP contribution in [0.25, 0.3) is 17.4 Å². The summed E-state index contributed by atoms with van der Waals surface area (Å²) in [5, 5.41) is 10.9. The average Bonchev–Trinajstić information content (AvgIpc) is 2.87. The Morgan fingerprint density at radius 3 is 2.75 bits per heavy atom. The summed E-state index contributed by atoms with van der Waals surface area (Å²) in [6.45, 7) is 1.91. The van der Waals surface area contributed by atoms with Gasteiger partial charge in [-0.1, -0.05) is 41.1 Å². The maximum absolute atomic E-state index is 10.9. The molecule has 2 aromatic rings. The lowest BCUT2D eigenvalue weighted by Crippen LogP contribution is -1.97. The van der Waals surface area contributed by atoms with E-state index in [0.717, 1.165) is 16.5 Å². The fraction of sp³-hybridized carbons (Fsp3) is 0.200. The van der Waals surface area contributed by atoms with Gasteiger partial charge in [0.1, 0.15) is 11.5 Å². The van der Waals surface area contributed by atoms with Gasteiger partial charge in [-0.3, -0.25) is 10.1 Å². The first-order valence-electron chi connectivity index (χ1n) is 6.31. The zero-order valence-electron chi connectivity index (χ0n) is 11.0. The van der Waals surface area contributed by atoms with Crippen LogP contribution in [-0.4, -0.2) is 4.92 Å². The highest BCUT2D eigenvalue weighted by molar-refractivity contribution is 9.10. The number of nitrogens with zero attached hydrogens (tertiary/aromatic N) is 1. The molecule has 20 heavy (non-hydrogen) atoms. The van der Waals surface area contributed by atoms with Gasteiger partial charge in [0.15, 0.2) is 0 Å². The highest BCUT2D eigenvalue weighted by Gasteiger charge is 2.12. The smallest absolute Gasteiger partial charge is 0.249 e. The van der Waals surface area contributed by atoms with Crippen LogP contribution in [0.4, 0.5) is 0 Å². The molecule has 0 N–H and O–H groups in total. The van der Waals surface area contributed by atoms with Crippen LogP contribution in [0.3, 0.4) is 0 Å². The predicted octanol–water partition coefficient (Wildman–Crippen LogP) is 5.13. The van der Waals surface area contributed by atoms with Crippen LogP contribution in [0.1, 0.15) is 25.5 Å².